The molecule has 0 aromatic heterocycles. The van der Waals surface area contributed by atoms with Crippen LogP contribution in [0.3, 0.4) is 0 Å². The Morgan fingerprint density at radius 1 is 0.933 bits per heavy atom. The van der Waals surface area contributed by atoms with Crippen molar-refractivity contribution in [2.45, 2.75) is 12.5 Å². The average molecular weight is 403 g/mol. The van der Waals surface area contributed by atoms with E-state index in [4.69, 9.17) is 14.6 Å². The lowest BCUT2D eigenvalue weighted by atomic mass is 9.98. The maximum atomic E-state index is 12.6. The molecule has 1 aliphatic carbocycles. The Morgan fingerprint density at radius 3 is 2.13 bits per heavy atom. The van der Waals surface area contributed by atoms with Crippen LogP contribution in [-0.4, -0.2) is 43.0 Å². The van der Waals surface area contributed by atoms with E-state index in [1.54, 1.807) is 11.9 Å². The lowest BCUT2D eigenvalue weighted by molar-refractivity contribution is 0.106. The van der Waals surface area contributed by atoms with E-state index < -0.39 is 0 Å². The van der Waals surface area contributed by atoms with E-state index in [0.29, 0.717) is 18.9 Å². The summed E-state index contributed by atoms with van der Waals surface area (Å²) < 4.78 is 11.0. The van der Waals surface area contributed by atoms with Crippen LogP contribution in [0.4, 0.5) is 4.79 Å². The van der Waals surface area contributed by atoms with Gasteiger partial charge >= 0.3 is 6.09 Å². The summed E-state index contributed by atoms with van der Waals surface area (Å²) in [6, 6.07) is 24.1. The molecular weight excluding hydrogens is 378 g/mol. The summed E-state index contributed by atoms with van der Waals surface area (Å²) in [6.45, 7) is 0.993. The van der Waals surface area contributed by atoms with E-state index in [9.17, 15) is 4.79 Å². The van der Waals surface area contributed by atoms with Crippen LogP contribution in [0.2, 0.25) is 0 Å². The molecule has 5 nitrogen and oxygen atoms in total. The Morgan fingerprint density at radius 2 is 1.53 bits per heavy atom. The molecule has 0 aliphatic heterocycles. The van der Waals surface area contributed by atoms with Crippen LogP contribution in [-0.2, 0) is 11.3 Å². The lowest BCUT2D eigenvalue weighted by Gasteiger charge is -2.20. The Labute approximate surface area is 176 Å². The first-order chi connectivity index (χ1) is 14.7. The molecule has 5 heteroatoms. The van der Waals surface area contributed by atoms with Crippen molar-refractivity contribution in [1.82, 2.24) is 4.90 Å². The second-order valence-electron chi connectivity index (χ2n) is 7.38. The van der Waals surface area contributed by atoms with Gasteiger partial charge < -0.3 is 19.5 Å². The minimum Gasteiger partial charge on any atom is -0.491 e. The highest BCUT2D eigenvalue weighted by Gasteiger charge is 2.29. The fourth-order valence-corrected chi connectivity index (χ4v) is 3.90. The Balaban J connectivity index is 1.38. The normalized spacial score (nSPS) is 12.2. The van der Waals surface area contributed by atoms with E-state index in [1.165, 1.54) is 22.3 Å². The molecule has 0 fully saturated rings. The lowest BCUT2D eigenvalue weighted by Crippen LogP contribution is -2.28. The molecule has 0 bridgehead atoms. The third kappa shape index (κ3) is 4.16. The molecule has 1 aliphatic rings. The second-order valence-corrected chi connectivity index (χ2v) is 7.38. The smallest absolute Gasteiger partial charge is 0.409 e. The van der Waals surface area contributed by atoms with Gasteiger partial charge in [0.15, 0.2) is 0 Å². The first-order valence-corrected chi connectivity index (χ1v) is 10.1. The number of hydrogen-bond acceptors (Lipinski definition) is 4. The van der Waals surface area contributed by atoms with Crippen LogP contribution in [0.25, 0.3) is 11.1 Å². The molecule has 154 valence electrons. The average Bonchev–Trinajstić information content (AvgIpc) is 3.11. The second kappa shape index (κ2) is 9.01. The number of amides is 1. The zero-order chi connectivity index (χ0) is 20.9. The summed E-state index contributed by atoms with van der Waals surface area (Å²) in [6.07, 6.45) is -0.350. The number of aliphatic hydroxyl groups excluding tert-OH is 1. The number of ether oxygens (including phenoxy) is 2. The van der Waals surface area contributed by atoms with Gasteiger partial charge in [0.25, 0.3) is 0 Å². The van der Waals surface area contributed by atoms with Gasteiger partial charge in [-0.1, -0.05) is 60.7 Å². The van der Waals surface area contributed by atoms with Gasteiger partial charge in [-0.25, -0.2) is 4.79 Å². The SMILES string of the molecule is CN(Cc1ccc(OCCO)cc1)C(=O)OCC1c2ccccc2-c2ccccc21. The standard InChI is InChI=1S/C25H25NO4/c1-26(16-18-10-12-19(13-11-18)29-15-14-27)25(28)30-17-24-22-8-4-2-6-20(22)21-7-3-5-9-23(21)24/h2-13,24,27H,14-17H2,1H3. The highest BCUT2D eigenvalue weighted by molar-refractivity contribution is 5.79. The highest BCUT2D eigenvalue weighted by atomic mass is 16.6. The van der Waals surface area contributed by atoms with Gasteiger partial charge in [-0.2, -0.15) is 0 Å². The zero-order valence-electron chi connectivity index (χ0n) is 17.0. The monoisotopic (exact) mass is 403 g/mol. The number of carbonyl (C=O) groups excluding carboxylic acids is 1. The van der Waals surface area contributed by atoms with Gasteiger partial charge in [0.2, 0.25) is 0 Å². The van der Waals surface area contributed by atoms with Crippen LogP contribution in [0.5, 0.6) is 5.75 Å². The molecule has 3 aromatic rings. The number of benzene rings is 3. The first kappa shape index (κ1) is 20.0. The van der Waals surface area contributed by atoms with Gasteiger partial charge in [0.05, 0.1) is 6.61 Å². The van der Waals surface area contributed by atoms with Gasteiger partial charge in [-0.05, 0) is 39.9 Å². The fourth-order valence-electron chi connectivity index (χ4n) is 3.90. The van der Waals surface area contributed by atoms with Crippen molar-refractivity contribution < 1.29 is 19.4 Å². The van der Waals surface area contributed by atoms with Crippen molar-refractivity contribution in [3.63, 3.8) is 0 Å². The molecule has 1 N–H and O–H groups in total. The summed E-state index contributed by atoms with van der Waals surface area (Å²) in [5.41, 5.74) is 5.81. The number of nitrogens with zero attached hydrogens (tertiary/aromatic N) is 1. The van der Waals surface area contributed by atoms with Gasteiger partial charge in [-0.15, -0.1) is 0 Å². The Kier molecular flexibility index (Phi) is 6.00. The number of carbonyl (C=O) groups is 1. The molecule has 0 atom stereocenters. The molecule has 0 spiro atoms. The molecular formula is C25H25NO4. The molecule has 0 unspecified atom stereocenters. The molecule has 4 rings (SSSR count). The van der Waals surface area contributed by atoms with Crippen LogP contribution in [0.15, 0.2) is 72.8 Å². The summed E-state index contributed by atoms with van der Waals surface area (Å²) in [5.74, 6) is 0.745. The van der Waals surface area contributed by atoms with Gasteiger partial charge in [-0.3, -0.25) is 0 Å². The number of aliphatic hydroxyl groups is 1. The van der Waals surface area contributed by atoms with Crippen molar-refractivity contribution in [3.8, 4) is 16.9 Å². The van der Waals surface area contributed by atoms with Crippen LogP contribution < -0.4 is 4.74 Å². The Bertz CT molecular complexity index is 970. The fraction of sp³-hybridized carbons (Fsp3) is 0.240. The highest BCUT2D eigenvalue weighted by Crippen LogP contribution is 2.44. The number of hydrogen-bond donors (Lipinski definition) is 1. The molecule has 0 heterocycles. The van der Waals surface area contributed by atoms with E-state index >= 15 is 0 Å². The predicted octanol–water partition coefficient (Wildman–Crippen LogP) is 4.44. The van der Waals surface area contributed by atoms with Gasteiger partial charge in [0.1, 0.15) is 19.0 Å². The van der Waals surface area contributed by atoms with Crippen LogP contribution in [0.1, 0.15) is 22.6 Å². The van der Waals surface area contributed by atoms with Crippen LogP contribution in [0, 0.1) is 0 Å². The quantitative estimate of drug-likeness (QED) is 0.634. The van der Waals surface area contributed by atoms with E-state index in [1.807, 2.05) is 48.5 Å². The molecule has 0 radical (unpaired) electrons. The topological polar surface area (TPSA) is 59.0 Å². The summed E-state index contributed by atoms with van der Waals surface area (Å²) >= 11 is 0. The van der Waals surface area contributed by atoms with E-state index in [2.05, 4.69) is 24.3 Å². The van der Waals surface area contributed by atoms with E-state index in [-0.39, 0.29) is 25.2 Å². The van der Waals surface area contributed by atoms with Crippen molar-refractivity contribution in [1.29, 1.82) is 0 Å². The largest absolute Gasteiger partial charge is 0.491 e. The predicted molar refractivity (Wildman–Crippen MR) is 116 cm³/mol. The zero-order valence-corrected chi connectivity index (χ0v) is 17.0. The Hall–Kier alpha value is -3.31. The molecule has 3 aromatic carbocycles. The van der Waals surface area contributed by atoms with Crippen LogP contribution >= 0.6 is 0 Å². The minimum absolute atomic E-state index is 0.0216. The number of rotatable bonds is 7. The summed E-state index contributed by atoms with van der Waals surface area (Å²) in [5, 5.41) is 8.82. The van der Waals surface area contributed by atoms with Gasteiger partial charge in [0, 0.05) is 19.5 Å². The summed E-state index contributed by atoms with van der Waals surface area (Å²) in [7, 11) is 1.73. The minimum atomic E-state index is -0.350. The maximum Gasteiger partial charge on any atom is 0.409 e. The first-order valence-electron chi connectivity index (χ1n) is 10.1. The molecule has 0 saturated heterocycles. The third-order valence-electron chi connectivity index (χ3n) is 5.35. The molecule has 30 heavy (non-hydrogen) atoms. The van der Waals surface area contributed by atoms with E-state index in [0.717, 1.165) is 5.56 Å². The molecule has 0 saturated carbocycles. The maximum absolute atomic E-state index is 12.6. The van der Waals surface area contributed by atoms with Crippen molar-refractivity contribution in [2.24, 2.45) is 0 Å². The summed E-state index contributed by atoms with van der Waals surface area (Å²) in [4.78, 5) is 14.2. The number of fused-ring (bicyclic) bond motifs is 3. The third-order valence-corrected chi connectivity index (χ3v) is 5.35. The van der Waals surface area contributed by atoms with Crippen molar-refractivity contribution in [2.75, 3.05) is 26.9 Å². The van der Waals surface area contributed by atoms with Crippen molar-refractivity contribution in [3.05, 3.63) is 89.5 Å². The molecule has 1 amide bonds. The van der Waals surface area contributed by atoms with Crippen molar-refractivity contribution >= 4 is 6.09 Å².